The van der Waals surface area contributed by atoms with E-state index in [2.05, 4.69) is 4.98 Å². The molecular weight excluding hydrogens is 384 g/mol. The summed E-state index contributed by atoms with van der Waals surface area (Å²) in [4.78, 5) is 17.1. The first-order valence-corrected chi connectivity index (χ1v) is 9.11. The molecule has 0 unspecified atom stereocenters. The average molecular weight is 401 g/mol. The minimum absolute atomic E-state index is 0.0252. The Morgan fingerprint density at radius 2 is 2.11 bits per heavy atom. The molecular formula is C20H17ClN2O5. The maximum Gasteiger partial charge on any atom is 0.512 e. The predicted octanol–water partition coefficient (Wildman–Crippen LogP) is 5.26. The molecule has 8 heteroatoms. The van der Waals surface area contributed by atoms with Crippen LogP contribution in [0.1, 0.15) is 24.1 Å². The highest BCUT2D eigenvalue weighted by Crippen LogP contribution is 2.41. The Bertz CT molecular complexity index is 1030. The molecule has 4 rings (SSSR count). The molecule has 1 aromatic heterocycles. The predicted molar refractivity (Wildman–Crippen MR) is 102 cm³/mol. The molecule has 144 valence electrons. The van der Waals surface area contributed by atoms with Gasteiger partial charge in [0.1, 0.15) is 5.75 Å². The summed E-state index contributed by atoms with van der Waals surface area (Å²) in [6.07, 6.45) is -0.965. The Morgan fingerprint density at radius 3 is 2.89 bits per heavy atom. The Morgan fingerprint density at radius 1 is 1.29 bits per heavy atom. The maximum atomic E-state index is 10.9. The van der Waals surface area contributed by atoms with Crippen LogP contribution in [-0.2, 0) is 19.5 Å². The number of carboxylic acid groups (broad SMARTS) is 1. The largest absolute Gasteiger partial charge is 0.512 e. The van der Waals surface area contributed by atoms with Crippen LogP contribution in [0.25, 0.3) is 0 Å². The summed E-state index contributed by atoms with van der Waals surface area (Å²) in [6.45, 7) is 2.67. The summed E-state index contributed by atoms with van der Waals surface area (Å²) in [5, 5.41) is 9.46. The number of aryl methyl sites for hydroxylation is 1. The first kappa shape index (κ1) is 18.2. The molecule has 2 aromatic carbocycles. The van der Waals surface area contributed by atoms with Gasteiger partial charge in [-0.2, -0.15) is 4.98 Å². The van der Waals surface area contributed by atoms with Gasteiger partial charge >= 0.3 is 6.16 Å². The fourth-order valence-electron chi connectivity index (χ4n) is 3.11. The van der Waals surface area contributed by atoms with Crippen molar-refractivity contribution in [2.75, 3.05) is 4.90 Å². The molecule has 0 saturated carbocycles. The SMILES string of the molecule is CCc1oc(CN2Cc3ccccc3Oc3ccc(Cl)cc32)nc1OC(=O)O. The normalized spacial score (nSPS) is 12.6. The maximum absolute atomic E-state index is 10.9. The van der Waals surface area contributed by atoms with Gasteiger partial charge in [-0.15, -0.1) is 0 Å². The van der Waals surface area contributed by atoms with Gasteiger partial charge in [-0.3, -0.25) is 0 Å². The molecule has 0 spiro atoms. The number of para-hydroxylation sites is 1. The first-order chi connectivity index (χ1) is 13.5. The van der Waals surface area contributed by atoms with Crippen molar-refractivity contribution in [3.63, 3.8) is 0 Å². The number of anilines is 1. The van der Waals surface area contributed by atoms with Gasteiger partial charge in [0.05, 0.1) is 12.2 Å². The number of fused-ring (bicyclic) bond motifs is 2. The zero-order valence-electron chi connectivity index (χ0n) is 15.0. The van der Waals surface area contributed by atoms with E-state index in [4.69, 9.17) is 30.6 Å². The van der Waals surface area contributed by atoms with Gasteiger partial charge in [-0.05, 0) is 24.3 Å². The summed E-state index contributed by atoms with van der Waals surface area (Å²) < 4.78 is 16.5. The molecule has 0 amide bonds. The fraction of sp³-hybridized carbons (Fsp3) is 0.200. The van der Waals surface area contributed by atoms with E-state index in [1.807, 2.05) is 48.2 Å². The number of benzene rings is 2. The molecule has 1 aliphatic heterocycles. The van der Waals surface area contributed by atoms with Gasteiger partial charge in [0.15, 0.2) is 11.5 Å². The Balaban J connectivity index is 1.71. The molecule has 7 nitrogen and oxygen atoms in total. The van der Waals surface area contributed by atoms with Gasteiger partial charge in [-0.1, -0.05) is 36.7 Å². The molecule has 2 heterocycles. The number of hydrogen-bond acceptors (Lipinski definition) is 6. The molecule has 3 aromatic rings. The van der Waals surface area contributed by atoms with E-state index in [0.29, 0.717) is 41.9 Å². The zero-order chi connectivity index (χ0) is 19.7. The summed E-state index contributed by atoms with van der Waals surface area (Å²) in [7, 11) is 0. The van der Waals surface area contributed by atoms with Crippen molar-refractivity contribution in [3.8, 4) is 17.4 Å². The highest BCUT2D eigenvalue weighted by Gasteiger charge is 2.24. The van der Waals surface area contributed by atoms with E-state index >= 15 is 0 Å². The van der Waals surface area contributed by atoms with Crippen molar-refractivity contribution in [3.05, 3.63) is 64.7 Å². The van der Waals surface area contributed by atoms with Gasteiger partial charge in [-0.25, -0.2) is 4.79 Å². The van der Waals surface area contributed by atoms with Crippen molar-refractivity contribution >= 4 is 23.4 Å². The summed E-state index contributed by atoms with van der Waals surface area (Å²) in [5.41, 5.74) is 1.79. The van der Waals surface area contributed by atoms with Crippen LogP contribution in [0.4, 0.5) is 10.5 Å². The second-order valence-corrected chi connectivity index (χ2v) is 6.67. The van der Waals surface area contributed by atoms with Gasteiger partial charge in [0, 0.05) is 23.6 Å². The Kier molecular flexibility index (Phi) is 4.83. The third kappa shape index (κ3) is 3.61. The highest BCUT2D eigenvalue weighted by molar-refractivity contribution is 6.31. The van der Waals surface area contributed by atoms with Crippen molar-refractivity contribution in [2.24, 2.45) is 0 Å². The third-order valence-electron chi connectivity index (χ3n) is 4.35. The minimum Gasteiger partial charge on any atom is -0.455 e. The van der Waals surface area contributed by atoms with Gasteiger partial charge in [0.2, 0.25) is 5.89 Å². The monoisotopic (exact) mass is 400 g/mol. The smallest absolute Gasteiger partial charge is 0.455 e. The van der Waals surface area contributed by atoms with Crippen LogP contribution in [0.15, 0.2) is 46.9 Å². The lowest BCUT2D eigenvalue weighted by Crippen LogP contribution is -2.21. The van der Waals surface area contributed by atoms with E-state index in [1.165, 1.54) is 0 Å². The summed E-state index contributed by atoms with van der Waals surface area (Å²) >= 11 is 6.21. The number of oxazole rings is 1. The topological polar surface area (TPSA) is 85.0 Å². The molecule has 0 radical (unpaired) electrons. The quantitative estimate of drug-likeness (QED) is 0.598. The number of aromatic nitrogens is 1. The summed E-state index contributed by atoms with van der Waals surface area (Å²) in [5.74, 6) is 2.14. The number of hydrogen-bond donors (Lipinski definition) is 1. The van der Waals surface area contributed by atoms with Gasteiger partial charge < -0.3 is 23.9 Å². The number of carbonyl (C=O) groups is 1. The van der Waals surface area contributed by atoms with E-state index in [0.717, 1.165) is 17.0 Å². The molecule has 0 fully saturated rings. The van der Waals surface area contributed by atoms with Crippen molar-refractivity contribution in [1.82, 2.24) is 4.98 Å². The Labute approximate surface area is 166 Å². The van der Waals surface area contributed by atoms with Crippen LogP contribution in [0.3, 0.4) is 0 Å². The summed E-state index contributed by atoms with van der Waals surface area (Å²) in [6, 6.07) is 13.2. The fourth-order valence-corrected chi connectivity index (χ4v) is 3.28. The Hall–Kier alpha value is -3.19. The zero-order valence-corrected chi connectivity index (χ0v) is 15.8. The molecule has 28 heavy (non-hydrogen) atoms. The molecule has 0 atom stereocenters. The lowest BCUT2D eigenvalue weighted by molar-refractivity contribution is 0.142. The van der Waals surface area contributed by atoms with Crippen LogP contribution in [0, 0.1) is 0 Å². The third-order valence-corrected chi connectivity index (χ3v) is 4.59. The average Bonchev–Trinajstić information content (AvgIpc) is 2.96. The van der Waals surface area contributed by atoms with E-state index in [-0.39, 0.29) is 5.88 Å². The lowest BCUT2D eigenvalue weighted by Gasteiger charge is -2.22. The number of nitrogens with zero attached hydrogens (tertiary/aromatic N) is 2. The lowest BCUT2D eigenvalue weighted by atomic mass is 10.2. The second-order valence-electron chi connectivity index (χ2n) is 6.24. The molecule has 0 saturated heterocycles. The van der Waals surface area contributed by atoms with Crippen molar-refractivity contribution in [2.45, 2.75) is 26.4 Å². The standard InChI is InChI=1S/C20H17ClN2O5/c1-2-15-19(28-20(24)25)22-18(27-15)11-23-10-12-5-3-4-6-16(12)26-17-8-7-13(21)9-14(17)23/h3-9H,2,10-11H2,1H3,(H,24,25). The number of halogens is 1. The molecule has 0 aliphatic carbocycles. The van der Waals surface area contributed by atoms with Crippen LogP contribution in [-0.4, -0.2) is 16.2 Å². The van der Waals surface area contributed by atoms with Gasteiger partial charge in [0.25, 0.3) is 5.88 Å². The first-order valence-electron chi connectivity index (χ1n) is 8.73. The number of ether oxygens (including phenoxy) is 2. The highest BCUT2D eigenvalue weighted by atomic mass is 35.5. The van der Waals surface area contributed by atoms with Crippen LogP contribution in [0.2, 0.25) is 5.02 Å². The molecule has 0 bridgehead atoms. The van der Waals surface area contributed by atoms with E-state index in [1.54, 1.807) is 6.07 Å². The minimum atomic E-state index is -1.43. The van der Waals surface area contributed by atoms with Crippen LogP contribution < -0.4 is 14.4 Å². The number of rotatable bonds is 4. The van der Waals surface area contributed by atoms with E-state index < -0.39 is 6.16 Å². The van der Waals surface area contributed by atoms with Crippen LogP contribution >= 0.6 is 11.6 Å². The molecule has 1 N–H and O–H groups in total. The van der Waals surface area contributed by atoms with Crippen LogP contribution in [0.5, 0.6) is 17.4 Å². The second kappa shape index (κ2) is 7.44. The van der Waals surface area contributed by atoms with E-state index in [9.17, 15) is 4.79 Å². The van der Waals surface area contributed by atoms with Crippen molar-refractivity contribution in [1.29, 1.82) is 0 Å². The van der Waals surface area contributed by atoms with Crippen molar-refractivity contribution < 1.29 is 23.8 Å². The molecule has 1 aliphatic rings.